The van der Waals surface area contributed by atoms with Crippen molar-refractivity contribution in [2.45, 2.75) is 0 Å². The van der Waals surface area contributed by atoms with E-state index in [9.17, 15) is 25.1 Å². The van der Waals surface area contributed by atoms with Gasteiger partial charge < -0.3 is 24.4 Å². The van der Waals surface area contributed by atoms with E-state index < -0.39 is 16.5 Å². The molecule has 2 rings (SSSR count). The Morgan fingerprint density at radius 2 is 1.77 bits per heavy atom. The summed E-state index contributed by atoms with van der Waals surface area (Å²) in [6.07, 6.45) is 1.09. The van der Waals surface area contributed by atoms with Gasteiger partial charge in [-0.25, -0.2) is 5.43 Å². The van der Waals surface area contributed by atoms with Crippen molar-refractivity contribution in [3.63, 3.8) is 0 Å². The van der Waals surface area contributed by atoms with E-state index in [0.717, 1.165) is 12.3 Å². The summed E-state index contributed by atoms with van der Waals surface area (Å²) in [5.74, 6) is -1.78. The molecule has 0 spiro atoms. The standard InChI is InChI=1S/C17H15Br2N3O8/c1-28-10-5-8(12(22(26)27)16(30-3)15(10)29-2)17(25)21-20-6-7-4-9(18)14(24)11(19)13(7)23/h4-6,23-24H,1-3H3,(H,21,25)/b20-6+. The number of aromatic hydroxyl groups is 2. The number of nitrogens with one attached hydrogen (secondary N) is 1. The van der Waals surface area contributed by atoms with Crippen molar-refractivity contribution in [2.75, 3.05) is 21.3 Å². The van der Waals surface area contributed by atoms with Gasteiger partial charge in [0.2, 0.25) is 11.5 Å². The zero-order chi connectivity index (χ0) is 22.6. The molecule has 1 amide bonds. The first-order chi connectivity index (χ1) is 14.2. The minimum atomic E-state index is -0.936. The SMILES string of the molecule is COc1cc(C(=O)N/N=C/c2cc(Br)c(O)c(Br)c2O)c([N+](=O)[O-])c(OC)c1OC. The Labute approximate surface area is 186 Å². The van der Waals surface area contributed by atoms with E-state index >= 15 is 0 Å². The van der Waals surface area contributed by atoms with E-state index in [-0.39, 0.29) is 48.8 Å². The maximum absolute atomic E-state index is 12.6. The molecule has 0 aromatic heterocycles. The molecule has 0 aliphatic carbocycles. The molecule has 2 aromatic rings. The number of nitro benzene ring substituents is 1. The van der Waals surface area contributed by atoms with Crippen LogP contribution in [0.2, 0.25) is 0 Å². The lowest BCUT2D eigenvalue weighted by atomic mass is 10.1. The molecule has 3 N–H and O–H groups in total. The topological polar surface area (TPSA) is 153 Å². The summed E-state index contributed by atoms with van der Waals surface area (Å²) in [6, 6.07) is 2.47. The molecule has 0 bridgehead atoms. The van der Waals surface area contributed by atoms with Gasteiger partial charge in [0.05, 0.1) is 36.9 Å². The number of hydrogen-bond donors (Lipinski definition) is 3. The summed E-state index contributed by atoms with van der Waals surface area (Å²) in [6.45, 7) is 0. The smallest absolute Gasteiger partial charge is 0.327 e. The second kappa shape index (κ2) is 9.63. The van der Waals surface area contributed by atoms with Gasteiger partial charge in [0.1, 0.15) is 21.5 Å². The van der Waals surface area contributed by atoms with Crippen molar-refractivity contribution in [2.24, 2.45) is 5.10 Å². The molecule has 160 valence electrons. The van der Waals surface area contributed by atoms with Crippen molar-refractivity contribution in [1.82, 2.24) is 5.43 Å². The fourth-order valence-corrected chi connectivity index (χ4v) is 3.58. The number of methoxy groups -OCH3 is 3. The fraction of sp³-hybridized carbons (Fsp3) is 0.176. The van der Waals surface area contributed by atoms with E-state index in [0.29, 0.717) is 0 Å². The number of amides is 1. The third kappa shape index (κ3) is 4.41. The molecular formula is C17H15Br2N3O8. The zero-order valence-corrected chi connectivity index (χ0v) is 18.9. The predicted molar refractivity (Wildman–Crippen MR) is 113 cm³/mol. The predicted octanol–water partition coefficient (Wildman–Crippen LogP) is 3.32. The van der Waals surface area contributed by atoms with Gasteiger partial charge >= 0.3 is 5.69 Å². The summed E-state index contributed by atoms with van der Waals surface area (Å²) in [4.78, 5) is 23.3. The van der Waals surface area contributed by atoms with Gasteiger partial charge in [-0.05, 0) is 37.9 Å². The Morgan fingerprint density at radius 1 is 1.13 bits per heavy atom. The number of hydrogen-bond acceptors (Lipinski definition) is 9. The molecule has 0 radical (unpaired) electrons. The highest BCUT2D eigenvalue weighted by Crippen LogP contribution is 2.46. The molecule has 0 aliphatic rings. The van der Waals surface area contributed by atoms with E-state index in [4.69, 9.17) is 14.2 Å². The van der Waals surface area contributed by atoms with Crippen LogP contribution in [0.25, 0.3) is 0 Å². The first-order valence-electron chi connectivity index (χ1n) is 7.88. The minimum Gasteiger partial charge on any atom is -0.506 e. The molecular weight excluding hydrogens is 534 g/mol. The van der Waals surface area contributed by atoms with Gasteiger partial charge in [0, 0.05) is 11.6 Å². The van der Waals surface area contributed by atoms with Crippen LogP contribution in [0.15, 0.2) is 26.2 Å². The maximum atomic E-state index is 12.6. The van der Waals surface area contributed by atoms with Crippen LogP contribution >= 0.6 is 31.9 Å². The molecule has 0 atom stereocenters. The number of nitrogens with zero attached hydrogens (tertiary/aromatic N) is 2. The van der Waals surface area contributed by atoms with Crippen LogP contribution in [0.5, 0.6) is 28.7 Å². The van der Waals surface area contributed by atoms with E-state index in [2.05, 4.69) is 42.4 Å². The number of halogens is 2. The Morgan fingerprint density at radius 3 is 2.30 bits per heavy atom. The largest absolute Gasteiger partial charge is 0.506 e. The lowest BCUT2D eigenvalue weighted by Crippen LogP contribution is -2.20. The Hall–Kier alpha value is -3.06. The third-order valence-corrected chi connectivity index (χ3v) is 5.15. The lowest BCUT2D eigenvalue weighted by molar-refractivity contribution is -0.386. The molecule has 0 saturated heterocycles. The van der Waals surface area contributed by atoms with Gasteiger partial charge in [0.15, 0.2) is 5.75 Å². The fourth-order valence-electron chi connectivity index (χ4n) is 2.43. The maximum Gasteiger partial charge on any atom is 0.327 e. The number of ether oxygens (including phenoxy) is 3. The number of carbonyl (C=O) groups excluding carboxylic acids is 1. The van der Waals surface area contributed by atoms with Crippen LogP contribution in [0.1, 0.15) is 15.9 Å². The first kappa shape index (κ1) is 23.2. The summed E-state index contributed by atoms with van der Waals surface area (Å²) in [5, 5.41) is 35.0. The van der Waals surface area contributed by atoms with Gasteiger partial charge in [-0.2, -0.15) is 5.10 Å². The van der Waals surface area contributed by atoms with Crippen LogP contribution in [0.4, 0.5) is 5.69 Å². The molecule has 13 heteroatoms. The van der Waals surface area contributed by atoms with Gasteiger partial charge in [-0.3, -0.25) is 14.9 Å². The van der Waals surface area contributed by atoms with E-state index in [1.165, 1.54) is 27.4 Å². The number of rotatable bonds is 7. The summed E-state index contributed by atoms with van der Waals surface area (Å²) in [5.41, 5.74) is 1.25. The van der Waals surface area contributed by atoms with Crippen molar-refractivity contribution >= 4 is 49.7 Å². The zero-order valence-electron chi connectivity index (χ0n) is 15.7. The van der Waals surface area contributed by atoms with Crippen LogP contribution in [-0.2, 0) is 0 Å². The first-order valence-corrected chi connectivity index (χ1v) is 9.47. The van der Waals surface area contributed by atoms with Gasteiger partial charge in [0.25, 0.3) is 5.91 Å². The number of benzene rings is 2. The number of phenolic OH excluding ortho intramolecular Hbond substituents is 2. The number of phenols is 2. The quantitative estimate of drug-likeness (QED) is 0.270. The molecule has 0 unspecified atom stereocenters. The summed E-state index contributed by atoms with van der Waals surface area (Å²) >= 11 is 6.12. The average Bonchev–Trinajstić information content (AvgIpc) is 2.73. The highest BCUT2D eigenvalue weighted by atomic mass is 79.9. The molecule has 0 aliphatic heterocycles. The van der Waals surface area contributed by atoms with Gasteiger partial charge in [-0.1, -0.05) is 0 Å². The third-order valence-electron chi connectivity index (χ3n) is 3.80. The van der Waals surface area contributed by atoms with Crippen LogP contribution in [0, 0.1) is 10.1 Å². The van der Waals surface area contributed by atoms with E-state index in [1.807, 2.05) is 0 Å². The average molecular weight is 549 g/mol. The monoisotopic (exact) mass is 547 g/mol. The summed E-state index contributed by atoms with van der Waals surface area (Å²) < 4.78 is 15.6. The summed E-state index contributed by atoms with van der Waals surface area (Å²) in [7, 11) is 3.76. The van der Waals surface area contributed by atoms with Crippen molar-refractivity contribution in [1.29, 1.82) is 0 Å². The van der Waals surface area contributed by atoms with Crippen LogP contribution < -0.4 is 19.6 Å². The number of nitro groups is 1. The molecule has 11 nitrogen and oxygen atoms in total. The van der Waals surface area contributed by atoms with Gasteiger partial charge in [-0.15, -0.1) is 0 Å². The second-order valence-corrected chi connectivity index (χ2v) is 7.10. The Kier molecular flexibility index (Phi) is 7.45. The Balaban J connectivity index is 2.45. The molecule has 30 heavy (non-hydrogen) atoms. The second-order valence-electron chi connectivity index (χ2n) is 5.46. The molecule has 0 heterocycles. The van der Waals surface area contributed by atoms with Crippen molar-refractivity contribution in [3.05, 3.63) is 42.3 Å². The van der Waals surface area contributed by atoms with Crippen molar-refractivity contribution in [3.8, 4) is 28.7 Å². The van der Waals surface area contributed by atoms with E-state index in [1.54, 1.807) is 0 Å². The molecule has 0 fully saturated rings. The molecule has 0 saturated carbocycles. The highest BCUT2D eigenvalue weighted by Gasteiger charge is 2.32. The van der Waals surface area contributed by atoms with Crippen LogP contribution in [-0.4, -0.2) is 48.6 Å². The Bertz CT molecular complexity index is 1040. The minimum absolute atomic E-state index is 0.0184. The van der Waals surface area contributed by atoms with Crippen LogP contribution in [0.3, 0.4) is 0 Å². The number of carbonyl (C=O) groups is 1. The lowest BCUT2D eigenvalue weighted by Gasteiger charge is -2.14. The number of hydrazone groups is 1. The van der Waals surface area contributed by atoms with Crippen molar-refractivity contribution < 1.29 is 34.1 Å². The normalized spacial score (nSPS) is 10.7. The molecule has 2 aromatic carbocycles. The highest BCUT2D eigenvalue weighted by molar-refractivity contribution is 9.11.